The molecule has 5 rings (SSSR count). The van der Waals surface area contributed by atoms with E-state index >= 15 is 0 Å². The molecule has 162 valence electrons. The number of amides is 2. The average Bonchev–Trinajstić information content (AvgIpc) is 3.42. The number of hydrogen-bond acceptors (Lipinski definition) is 4. The van der Waals surface area contributed by atoms with Crippen molar-refractivity contribution in [2.75, 3.05) is 20.1 Å². The highest BCUT2D eigenvalue weighted by molar-refractivity contribution is 5.92. The lowest BCUT2D eigenvalue weighted by Crippen LogP contribution is -2.53. The molecule has 7 heteroatoms. The number of hydrogen-bond donors (Lipinski definition) is 3. The highest BCUT2D eigenvalue weighted by Crippen LogP contribution is 2.56. The summed E-state index contributed by atoms with van der Waals surface area (Å²) in [6, 6.07) is 2.00. The van der Waals surface area contributed by atoms with Crippen molar-refractivity contribution >= 4 is 11.8 Å². The molecule has 3 aliphatic carbocycles. The lowest BCUT2D eigenvalue weighted by molar-refractivity contribution is -0.139. The van der Waals surface area contributed by atoms with Crippen LogP contribution >= 0.6 is 0 Å². The van der Waals surface area contributed by atoms with Gasteiger partial charge in [0, 0.05) is 23.4 Å². The van der Waals surface area contributed by atoms with Crippen LogP contribution in [0.5, 0.6) is 0 Å². The molecule has 3 N–H and O–H groups in total. The zero-order chi connectivity index (χ0) is 21.4. The molecule has 1 saturated heterocycles. The fourth-order valence-corrected chi connectivity index (χ4v) is 5.43. The Morgan fingerprint density at radius 1 is 1.33 bits per heavy atom. The maximum absolute atomic E-state index is 13.0. The Balaban J connectivity index is 1.26. The fraction of sp³-hybridized carbons (Fsp3) is 0.696. The van der Waals surface area contributed by atoms with E-state index in [4.69, 9.17) is 6.42 Å². The smallest absolute Gasteiger partial charge is 0.271 e. The third-order valence-electron chi connectivity index (χ3n) is 7.69. The van der Waals surface area contributed by atoms with E-state index in [1.165, 1.54) is 0 Å². The Morgan fingerprint density at radius 3 is 2.63 bits per heavy atom. The highest BCUT2D eigenvalue weighted by atomic mass is 16.2. The predicted molar refractivity (Wildman–Crippen MR) is 115 cm³/mol. The predicted octanol–water partition coefficient (Wildman–Crippen LogP) is 2.38. The SMILES string of the molecule is C#CC12CCC(C(=O)NC(C)CNC(=O)c3cc(C4CCCN4C)[nH]n3)(CC1)CC2. The van der Waals surface area contributed by atoms with Crippen molar-refractivity contribution < 1.29 is 9.59 Å². The van der Waals surface area contributed by atoms with Crippen LogP contribution in [0.25, 0.3) is 0 Å². The van der Waals surface area contributed by atoms with Crippen LogP contribution in [0.2, 0.25) is 0 Å². The van der Waals surface area contributed by atoms with Gasteiger partial charge in [-0.05, 0) is 77.9 Å². The number of rotatable bonds is 6. The summed E-state index contributed by atoms with van der Waals surface area (Å²) in [5.41, 5.74) is 1.13. The van der Waals surface area contributed by atoms with Crippen molar-refractivity contribution in [1.82, 2.24) is 25.7 Å². The van der Waals surface area contributed by atoms with Crippen LogP contribution in [-0.2, 0) is 4.79 Å². The van der Waals surface area contributed by atoms with Gasteiger partial charge in [-0.15, -0.1) is 6.42 Å². The maximum atomic E-state index is 13.0. The lowest BCUT2D eigenvalue weighted by Gasteiger charge is -2.50. The van der Waals surface area contributed by atoms with E-state index in [1.54, 1.807) is 0 Å². The van der Waals surface area contributed by atoms with Crippen LogP contribution < -0.4 is 10.6 Å². The van der Waals surface area contributed by atoms with E-state index in [2.05, 4.69) is 38.7 Å². The molecule has 30 heavy (non-hydrogen) atoms. The van der Waals surface area contributed by atoms with E-state index in [-0.39, 0.29) is 28.7 Å². The number of carbonyl (C=O) groups excluding carboxylic acids is 2. The number of nitrogens with one attached hydrogen (secondary N) is 3. The van der Waals surface area contributed by atoms with Gasteiger partial charge in [-0.2, -0.15) is 5.10 Å². The van der Waals surface area contributed by atoms with Gasteiger partial charge in [-0.3, -0.25) is 19.6 Å². The minimum absolute atomic E-state index is 0.0251. The Morgan fingerprint density at radius 2 is 2.03 bits per heavy atom. The molecule has 2 bridgehead atoms. The topological polar surface area (TPSA) is 90.1 Å². The van der Waals surface area contributed by atoms with Gasteiger partial charge in [-0.25, -0.2) is 0 Å². The van der Waals surface area contributed by atoms with Crippen molar-refractivity contribution in [3.05, 3.63) is 17.5 Å². The second-order valence-corrected chi connectivity index (χ2v) is 9.64. The quantitative estimate of drug-likeness (QED) is 0.627. The number of fused-ring (bicyclic) bond motifs is 3. The number of likely N-dealkylation sites (tertiary alicyclic amines) is 1. The van der Waals surface area contributed by atoms with Crippen molar-refractivity contribution in [3.63, 3.8) is 0 Å². The summed E-state index contributed by atoms with van der Waals surface area (Å²) >= 11 is 0. The van der Waals surface area contributed by atoms with Gasteiger partial charge >= 0.3 is 0 Å². The first-order chi connectivity index (χ1) is 14.4. The summed E-state index contributed by atoms with van der Waals surface area (Å²) in [7, 11) is 2.09. The molecule has 1 aromatic heterocycles. The number of nitrogens with zero attached hydrogens (tertiary/aromatic N) is 2. The second kappa shape index (κ2) is 8.07. The Bertz CT molecular complexity index is 829. The molecule has 4 fully saturated rings. The summed E-state index contributed by atoms with van der Waals surface area (Å²) in [6.07, 6.45) is 13.4. The van der Waals surface area contributed by atoms with Gasteiger partial charge < -0.3 is 10.6 Å². The number of H-pyrrole nitrogens is 1. The van der Waals surface area contributed by atoms with Crippen molar-refractivity contribution in [2.24, 2.45) is 10.8 Å². The molecule has 7 nitrogen and oxygen atoms in total. The van der Waals surface area contributed by atoms with Crippen molar-refractivity contribution in [2.45, 2.75) is 70.4 Å². The van der Waals surface area contributed by atoms with Gasteiger partial charge in [0.15, 0.2) is 0 Å². The zero-order valence-corrected chi connectivity index (χ0v) is 18.1. The fourth-order valence-electron chi connectivity index (χ4n) is 5.43. The highest BCUT2D eigenvalue weighted by Gasteiger charge is 2.51. The third-order valence-corrected chi connectivity index (χ3v) is 7.69. The summed E-state index contributed by atoms with van der Waals surface area (Å²) in [6.45, 7) is 3.36. The third kappa shape index (κ3) is 3.85. The van der Waals surface area contributed by atoms with Gasteiger partial charge in [-0.1, -0.05) is 5.92 Å². The van der Waals surface area contributed by atoms with E-state index in [0.29, 0.717) is 18.3 Å². The van der Waals surface area contributed by atoms with Crippen LogP contribution in [0.15, 0.2) is 6.07 Å². The van der Waals surface area contributed by atoms with Crippen LogP contribution in [0.1, 0.15) is 80.5 Å². The van der Waals surface area contributed by atoms with E-state index in [1.807, 2.05) is 13.0 Å². The maximum Gasteiger partial charge on any atom is 0.271 e. The van der Waals surface area contributed by atoms with E-state index in [9.17, 15) is 9.59 Å². The zero-order valence-electron chi connectivity index (χ0n) is 18.1. The summed E-state index contributed by atoms with van der Waals surface area (Å²) in [5, 5.41) is 13.2. The van der Waals surface area contributed by atoms with Crippen LogP contribution in [0.4, 0.5) is 0 Å². The number of carbonyl (C=O) groups is 2. The number of terminal acetylenes is 1. The molecule has 0 aromatic carbocycles. The van der Waals surface area contributed by atoms with Crippen LogP contribution in [0.3, 0.4) is 0 Å². The van der Waals surface area contributed by atoms with Crippen LogP contribution in [-0.4, -0.2) is 53.1 Å². The van der Waals surface area contributed by atoms with E-state index in [0.717, 1.165) is 63.6 Å². The largest absolute Gasteiger partial charge is 0.351 e. The monoisotopic (exact) mass is 411 g/mol. The molecule has 1 aliphatic heterocycles. The molecule has 3 saturated carbocycles. The summed E-state index contributed by atoms with van der Waals surface area (Å²) in [4.78, 5) is 27.8. The van der Waals surface area contributed by atoms with Gasteiger partial charge in [0.1, 0.15) is 5.69 Å². The first kappa shape index (κ1) is 20.9. The van der Waals surface area contributed by atoms with Gasteiger partial charge in [0.05, 0.1) is 11.7 Å². The minimum Gasteiger partial charge on any atom is -0.351 e. The molecule has 0 radical (unpaired) electrons. The standard InChI is InChI=1S/C23H33N5O2/c1-4-22-7-10-23(11-8-22,12-9-22)21(30)25-16(2)15-24-20(29)18-14-17(26-27-18)19-6-5-13-28(19)3/h1,14,16,19H,5-13,15H2,2-3H3,(H,24,29)(H,25,30)(H,26,27). The molecule has 2 atom stereocenters. The molecule has 0 spiro atoms. The molecular weight excluding hydrogens is 378 g/mol. The normalized spacial score (nSPS) is 31.8. The second-order valence-electron chi connectivity index (χ2n) is 9.64. The summed E-state index contributed by atoms with van der Waals surface area (Å²) in [5.74, 6) is 2.88. The van der Waals surface area contributed by atoms with E-state index < -0.39 is 0 Å². The van der Waals surface area contributed by atoms with Crippen molar-refractivity contribution in [3.8, 4) is 12.3 Å². The Kier molecular flexibility index (Phi) is 5.63. The minimum atomic E-state index is -0.277. The lowest BCUT2D eigenvalue weighted by atomic mass is 9.53. The molecule has 2 unspecified atom stereocenters. The van der Waals surface area contributed by atoms with Gasteiger partial charge in [0.25, 0.3) is 5.91 Å². The molecular formula is C23H33N5O2. The Labute approximate surface area is 178 Å². The molecule has 2 heterocycles. The molecule has 1 aromatic rings. The first-order valence-electron chi connectivity index (χ1n) is 11.2. The average molecular weight is 412 g/mol. The first-order valence-corrected chi connectivity index (χ1v) is 11.2. The van der Waals surface area contributed by atoms with Crippen LogP contribution in [0, 0.1) is 23.2 Å². The number of aromatic nitrogens is 2. The molecule has 4 aliphatic rings. The van der Waals surface area contributed by atoms with Gasteiger partial charge in [0.2, 0.25) is 5.91 Å². The number of aromatic amines is 1. The molecule has 2 amide bonds. The summed E-state index contributed by atoms with van der Waals surface area (Å²) < 4.78 is 0. The van der Waals surface area contributed by atoms with Crippen molar-refractivity contribution in [1.29, 1.82) is 0 Å². The Hall–Kier alpha value is -2.33.